The summed E-state index contributed by atoms with van der Waals surface area (Å²) < 4.78 is 10.6. The van der Waals surface area contributed by atoms with Crippen LogP contribution in [0.15, 0.2) is 48.5 Å². The first kappa shape index (κ1) is 20.5. The number of amides is 1. The van der Waals surface area contributed by atoms with E-state index in [4.69, 9.17) is 9.47 Å². The van der Waals surface area contributed by atoms with Crippen LogP contribution in [0, 0.1) is 6.92 Å². The van der Waals surface area contributed by atoms with Crippen LogP contribution < -0.4 is 10.1 Å². The molecule has 0 radical (unpaired) electrons. The maximum atomic E-state index is 12.0. The Bertz CT molecular complexity index is 770. The molecule has 5 nitrogen and oxygen atoms in total. The van der Waals surface area contributed by atoms with Crippen LogP contribution >= 0.6 is 0 Å². The van der Waals surface area contributed by atoms with E-state index in [-0.39, 0.29) is 24.9 Å². The number of para-hydroxylation sites is 1. The number of benzene rings is 2. The first-order chi connectivity index (χ1) is 13.0. The minimum Gasteiger partial charge on any atom is -0.494 e. The molecule has 2 aromatic carbocycles. The Hall–Kier alpha value is -2.82. The number of carbonyl (C=O) groups is 2. The zero-order valence-corrected chi connectivity index (χ0v) is 16.2. The molecule has 0 spiro atoms. The van der Waals surface area contributed by atoms with Crippen molar-refractivity contribution in [2.24, 2.45) is 0 Å². The van der Waals surface area contributed by atoms with Crippen molar-refractivity contribution < 1.29 is 19.1 Å². The Morgan fingerprint density at radius 2 is 1.85 bits per heavy atom. The van der Waals surface area contributed by atoms with Crippen LogP contribution in [0.5, 0.6) is 5.75 Å². The standard InChI is InChI=1S/C22H27NO4/c1-16(2)19-10-4-5-11-20(19)23-21(24)15-27-22(25)12-7-13-26-18-9-6-8-17(3)14-18/h4-6,8-11,14,16H,7,12-13,15H2,1-3H3,(H,23,24). The van der Waals surface area contributed by atoms with Gasteiger partial charge in [-0.05, 0) is 48.6 Å². The molecule has 0 aromatic heterocycles. The summed E-state index contributed by atoms with van der Waals surface area (Å²) in [6.07, 6.45) is 0.742. The number of rotatable bonds is 9. The number of anilines is 1. The van der Waals surface area contributed by atoms with Gasteiger partial charge in [-0.25, -0.2) is 0 Å². The van der Waals surface area contributed by atoms with Gasteiger partial charge >= 0.3 is 5.97 Å². The number of nitrogens with one attached hydrogen (secondary N) is 1. The summed E-state index contributed by atoms with van der Waals surface area (Å²) in [6.45, 7) is 6.25. The average molecular weight is 369 g/mol. The first-order valence-corrected chi connectivity index (χ1v) is 9.19. The fraction of sp³-hybridized carbons (Fsp3) is 0.364. The molecule has 0 saturated heterocycles. The van der Waals surface area contributed by atoms with Gasteiger partial charge in [0, 0.05) is 12.1 Å². The third-order valence-corrected chi connectivity index (χ3v) is 4.00. The highest BCUT2D eigenvalue weighted by molar-refractivity contribution is 5.93. The molecule has 0 unspecified atom stereocenters. The molecule has 5 heteroatoms. The summed E-state index contributed by atoms with van der Waals surface area (Å²) in [5, 5.41) is 2.80. The average Bonchev–Trinajstić information content (AvgIpc) is 2.64. The van der Waals surface area contributed by atoms with Crippen LogP contribution in [0.2, 0.25) is 0 Å². The molecule has 2 rings (SSSR count). The van der Waals surface area contributed by atoms with Crippen molar-refractivity contribution >= 4 is 17.6 Å². The van der Waals surface area contributed by atoms with Crippen LogP contribution in [0.3, 0.4) is 0 Å². The molecular formula is C22H27NO4. The SMILES string of the molecule is Cc1cccc(OCCCC(=O)OCC(=O)Nc2ccccc2C(C)C)c1. The molecule has 1 N–H and O–H groups in total. The molecule has 144 valence electrons. The lowest BCUT2D eigenvalue weighted by molar-refractivity contribution is -0.147. The number of aryl methyl sites for hydroxylation is 1. The van der Waals surface area contributed by atoms with Crippen molar-refractivity contribution in [2.75, 3.05) is 18.5 Å². The molecule has 0 heterocycles. The topological polar surface area (TPSA) is 64.6 Å². The summed E-state index contributed by atoms with van der Waals surface area (Å²) in [5.41, 5.74) is 2.92. The lowest BCUT2D eigenvalue weighted by Crippen LogP contribution is -2.21. The van der Waals surface area contributed by atoms with E-state index >= 15 is 0 Å². The number of hydrogen-bond donors (Lipinski definition) is 1. The monoisotopic (exact) mass is 369 g/mol. The fourth-order valence-corrected chi connectivity index (χ4v) is 2.63. The smallest absolute Gasteiger partial charge is 0.306 e. The minimum atomic E-state index is -0.407. The van der Waals surface area contributed by atoms with Crippen molar-refractivity contribution in [1.82, 2.24) is 0 Å². The zero-order valence-electron chi connectivity index (χ0n) is 16.2. The molecule has 27 heavy (non-hydrogen) atoms. The molecule has 0 fully saturated rings. The van der Waals surface area contributed by atoms with Gasteiger partial charge in [0.1, 0.15) is 5.75 Å². The predicted octanol–water partition coefficient (Wildman–Crippen LogP) is 4.46. The molecule has 0 bridgehead atoms. The highest BCUT2D eigenvalue weighted by atomic mass is 16.5. The van der Waals surface area contributed by atoms with Crippen LogP contribution in [0.4, 0.5) is 5.69 Å². The van der Waals surface area contributed by atoms with E-state index in [1.807, 2.05) is 55.5 Å². The zero-order chi connectivity index (χ0) is 19.6. The molecule has 0 aliphatic rings. The normalized spacial score (nSPS) is 10.5. The van der Waals surface area contributed by atoms with E-state index in [9.17, 15) is 9.59 Å². The summed E-state index contributed by atoms with van der Waals surface area (Å²) >= 11 is 0. The Morgan fingerprint density at radius 1 is 1.07 bits per heavy atom. The molecule has 0 aliphatic heterocycles. The van der Waals surface area contributed by atoms with Crippen LogP contribution in [0.25, 0.3) is 0 Å². The minimum absolute atomic E-state index is 0.210. The van der Waals surface area contributed by atoms with E-state index < -0.39 is 5.97 Å². The Balaban J connectivity index is 1.67. The van der Waals surface area contributed by atoms with Gasteiger partial charge in [0.25, 0.3) is 5.91 Å². The second-order valence-electron chi connectivity index (χ2n) is 6.72. The predicted molar refractivity (Wildman–Crippen MR) is 106 cm³/mol. The van der Waals surface area contributed by atoms with Gasteiger partial charge in [0.15, 0.2) is 6.61 Å². The largest absolute Gasteiger partial charge is 0.494 e. The van der Waals surface area contributed by atoms with Crippen molar-refractivity contribution in [3.05, 3.63) is 59.7 Å². The second kappa shape index (κ2) is 10.4. The third kappa shape index (κ3) is 7.13. The van der Waals surface area contributed by atoms with E-state index in [0.717, 1.165) is 22.6 Å². The van der Waals surface area contributed by atoms with E-state index in [1.165, 1.54) is 0 Å². The third-order valence-electron chi connectivity index (χ3n) is 4.00. The number of hydrogen-bond acceptors (Lipinski definition) is 4. The highest BCUT2D eigenvalue weighted by Gasteiger charge is 2.11. The van der Waals surface area contributed by atoms with Crippen molar-refractivity contribution in [1.29, 1.82) is 0 Å². The van der Waals surface area contributed by atoms with Gasteiger partial charge in [0.05, 0.1) is 6.61 Å². The van der Waals surface area contributed by atoms with Gasteiger partial charge in [-0.15, -0.1) is 0 Å². The number of esters is 1. The van der Waals surface area contributed by atoms with Crippen molar-refractivity contribution in [3.8, 4) is 5.75 Å². The van der Waals surface area contributed by atoms with Crippen molar-refractivity contribution in [3.63, 3.8) is 0 Å². The van der Waals surface area contributed by atoms with Gasteiger partial charge in [-0.1, -0.05) is 44.2 Å². The maximum absolute atomic E-state index is 12.0. The molecule has 0 aliphatic carbocycles. The van der Waals surface area contributed by atoms with Crippen LogP contribution in [-0.2, 0) is 14.3 Å². The number of carbonyl (C=O) groups excluding carboxylic acids is 2. The number of ether oxygens (including phenoxy) is 2. The van der Waals surface area contributed by atoms with Gasteiger partial charge < -0.3 is 14.8 Å². The van der Waals surface area contributed by atoms with Gasteiger partial charge in [-0.3, -0.25) is 9.59 Å². The summed E-state index contributed by atoms with van der Waals surface area (Å²) in [4.78, 5) is 23.8. The maximum Gasteiger partial charge on any atom is 0.306 e. The van der Waals surface area contributed by atoms with Gasteiger partial charge in [-0.2, -0.15) is 0 Å². The quantitative estimate of drug-likeness (QED) is 0.523. The van der Waals surface area contributed by atoms with Gasteiger partial charge in [0.2, 0.25) is 0 Å². The molecular weight excluding hydrogens is 342 g/mol. The van der Waals surface area contributed by atoms with Crippen molar-refractivity contribution in [2.45, 2.75) is 39.5 Å². The van der Waals surface area contributed by atoms with E-state index in [2.05, 4.69) is 19.2 Å². The lowest BCUT2D eigenvalue weighted by atomic mass is 10.0. The van der Waals surface area contributed by atoms with Crippen LogP contribution in [0.1, 0.15) is 43.7 Å². The second-order valence-corrected chi connectivity index (χ2v) is 6.72. The summed E-state index contributed by atoms with van der Waals surface area (Å²) in [5.74, 6) is 0.326. The molecule has 2 aromatic rings. The lowest BCUT2D eigenvalue weighted by Gasteiger charge is -2.13. The first-order valence-electron chi connectivity index (χ1n) is 9.19. The Morgan fingerprint density at radius 3 is 2.59 bits per heavy atom. The van der Waals surface area contributed by atoms with E-state index in [1.54, 1.807) is 0 Å². The molecule has 1 amide bonds. The highest BCUT2D eigenvalue weighted by Crippen LogP contribution is 2.23. The molecule has 0 saturated carbocycles. The fourth-order valence-electron chi connectivity index (χ4n) is 2.63. The summed E-state index contributed by atoms with van der Waals surface area (Å²) in [7, 11) is 0. The Kier molecular flexibility index (Phi) is 7.86. The van der Waals surface area contributed by atoms with E-state index in [0.29, 0.717) is 13.0 Å². The van der Waals surface area contributed by atoms with Crippen LogP contribution in [-0.4, -0.2) is 25.1 Å². The summed E-state index contributed by atoms with van der Waals surface area (Å²) in [6, 6.07) is 15.4. The Labute approximate surface area is 160 Å². The molecule has 0 atom stereocenters.